The first-order valence-corrected chi connectivity index (χ1v) is 6.31. The van der Waals surface area contributed by atoms with Crippen LogP contribution in [-0.4, -0.2) is 30.7 Å². The number of halogens is 1. The molecule has 1 fully saturated rings. The lowest BCUT2D eigenvalue weighted by molar-refractivity contribution is 0.0815. The minimum absolute atomic E-state index is 0.292. The van der Waals surface area contributed by atoms with Crippen LogP contribution >= 0.6 is 11.6 Å². The summed E-state index contributed by atoms with van der Waals surface area (Å²) < 4.78 is 5.58. The number of rotatable bonds is 3. The lowest BCUT2D eigenvalue weighted by Gasteiger charge is -2.27. The molecular weight excluding hydrogens is 236 g/mol. The fourth-order valence-electron chi connectivity index (χ4n) is 2.40. The van der Waals surface area contributed by atoms with Gasteiger partial charge in [0.1, 0.15) is 0 Å². The molecule has 1 aliphatic heterocycles. The summed E-state index contributed by atoms with van der Waals surface area (Å²) in [6.45, 7) is 3.78. The molecule has 2 atom stereocenters. The predicted octanol–water partition coefficient (Wildman–Crippen LogP) is 2.53. The summed E-state index contributed by atoms with van der Waals surface area (Å²) in [5.41, 5.74) is 7.84. The van der Waals surface area contributed by atoms with Crippen LogP contribution < -0.4 is 5.73 Å². The lowest BCUT2D eigenvalue weighted by Crippen LogP contribution is -2.36. The van der Waals surface area contributed by atoms with Crippen molar-refractivity contribution < 1.29 is 4.74 Å². The van der Waals surface area contributed by atoms with Crippen molar-refractivity contribution in [2.24, 2.45) is 0 Å². The molecule has 17 heavy (non-hydrogen) atoms. The summed E-state index contributed by atoms with van der Waals surface area (Å²) in [7, 11) is 2.11. The van der Waals surface area contributed by atoms with E-state index in [1.807, 2.05) is 18.2 Å². The van der Waals surface area contributed by atoms with Crippen molar-refractivity contribution in [1.82, 2.24) is 4.90 Å². The van der Waals surface area contributed by atoms with Gasteiger partial charge < -0.3 is 10.5 Å². The molecule has 0 saturated carbocycles. The van der Waals surface area contributed by atoms with E-state index < -0.39 is 0 Å². The first kappa shape index (κ1) is 12.7. The Hall–Kier alpha value is -0.770. The number of nitrogens with two attached hydrogens (primary N) is 1. The Labute approximate surface area is 107 Å². The Balaban J connectivity index is 2.07. The second-order valence-electron chi connectivity index (χ2n) is 4.69. The zero-order valence-corrected chi connectivity index (χ0v) is 11.1. The van der Waals surface area contributed by atoms with Gasteiger partial charge in [-0.15, -0.1) is 0 Å². The highest BCUT2D eigenvalue weighted by Crippen LogP contribution is 2.23. The van der Waals surface area contributed by atoms with Gasteiger partial charge in [0.05, 0.1) is 6.10 Å². The normalized spacial score (nSPS) is 24.5. The van der Waals surface area contributed by atoms with Crippen LogP contribution in [0.3, 0.4) is 0 Å². The van der Waals surface area contributed by atoms with Crippen LogP contribution in [0.5, 0.6) is 0 Å². The predicted molar refractivity (Wildman–Crippen MR) is 71.2 cm³/mol. The molecule has 1 aromatic carbocycles. The van der Waals surface area contributed by atoms with E-state index in [1.54, 1.807) is 0 Å². The molecule has 0 spiro atoms. The molecule has 0 amide bonds. The summed E-state index contributed by atoms with van der Waals surface area (Å²) in [4.78, 5) is 2.29. The Morgan fingerprint density at radius 1 is 1.53 bits per heavy atom. The van der Waals surface area contributed by atoms with Gasteiger partial charge in [0.25, 0.3) is 0 Å². The van der Waals surface area contributed by atoms with Crippen LogP contribution in [0.15, 0.2) is 18.2 Å². The number of ether oxygens (including phenoxy) is 1. The molecule has 1 heterocycles. The summed E-state index contributed by atoms with van der Waals surface area (Å²) in [5.74, 6) is 0. The van der Waals surface area contributed by atoms with Crippen LogP contribution in [0.1, 0.15) is 18.9 Å². The molecule has 94 valence electrons. The number of likely N-dealkylation sites (N-methyl/N-ethyl adjacent to an activating group) is 1. The highest BCUT2D eigenvalue weighted by atomic mass is 35.5. The standard InChI is InChI=1S/C13H19ClN2O/c1-9-13(5-6-17-9)16(2)8-10-7-11(14)3-4-12(10)15/h3-4,7,9,13H,5-6,8,15H2,1-2H3. The molecule has 1 aliphatic rings. The Morgan fingerprint density at radius 3 is 2.94 bits per heavy atom. The van der Waals surface area contributed by atoms with E-state index in [2.05, 4.69) is 18.9 Å². The third kappa shape index (κ3) is 2.92. The number of nitrogen functional groups attached to an aromatic ring is 1. The van der Waals surface area contributed by atoms with Gasteiger partial charge in [-0.3, -0.25) is 4.90 Å². The van der Waals surface area contributed by atoms with Crippen molar-refractivity contribution in [3.8, 4) is 0 Å². The average Bonchev–Trinajstić information content (AvgIpc) is 2.70. The average molecular weight is 255 g/mol. The largest absolute Gasteiger partial charge is 0.398 e. The van der Waals surface area contributed by atoms with Crippen LogP contribution in [0.25, 0.3) is 0 Å². The molecule has 2 rings (SSSR count). The molecule has 1 aromatic rings. The second kappa shape index (κ2) is 5.25. The van der Waals surface area contributed by atoms with E-state index >= 15 is 0 Å². The quantitative estimate of drug-likeness (QED) is 0.843. The topological polar surface area (TPSA) is 38.5 Å². The van der Waals surface area contributed by atoms with Crippen LogP contribution in [0.2, 0.25) is 5.02 Å². The molecule has 1 saturated heterocycles. The summed E-state index contributed by atoms with van der Waals surface area (Å²) in [5, 5.41) is 0.735. The molecule has 3 nitrogen and oxygen atoms in total. The SMILES string of the molecule is CC1OCCC1N(C)Cc1cc(Cl)ccc1N. The summed E-state index contributed by atoms with van der Waals surface area (Å²) >= 11 is 5.99. The van der Waals surface area contributed by atoms with E-state index in [0.29, 0.717) is 12.1 Å². The smallest absolute Gasteiger partial charge is 0.0703 e. The maximum absolute atomic E-state index is 5.99. The molecule has 4 heteroatoms. The van der Waals surface area contributed by atoms with Gasteiger partial charge in [0.15, 0.2) is 0 Å². The van der Waals surface area contributed by atoms with Crippen LogP contribution in [-0.2, 0) is 11.3 Å². The van der Waals surface area contributed by atoms with Crippen molar-refractivity contribution in [1.29, 1.82) is 0 Å². The number of nitrogens with zero attached hydrogens (tertiary/aromatic N) is 1. The molecule has 0 aliphatic carbocycles. The van der Waals surface area contributed by atoms with Gasteiger partial charge in [-0.25, -0.2) is 0 Å². The highest BCUT2D eigenvalue weighted by Gasteiger charge is 2.27. The fraction of sp³-hybridized carbons (Fsp3) is 0.538. The second-order valence-corrected chi connectivity index (χ2v) is 5.13. The number of benzene rings is 1. The van der Waals surface area contributed by atoms with Gasteiger partial charge in [0, 0.05) is 29.9 Å². The van der Waals surface area contributed by atoms with Gasteiger partial charge in [-0.05, 0) is 44.2 Å². The van der Waals surface area contributed by atoms with E-state index in [1.165, 1.54) is 0 Å². The van der Waals surface area contributed by atoms with Gasteiger partial charge in [-0.2, -0.15) is 0 Å². The molecular formula is C13H19ClN2O. The maximum atomic E-state index is 5.99. The Bertz CT molecular complexity index is 397. The van der Waals surface area contributed by atoms with Crippen molar-refractivity contribution >= 4 is 17.3 Å². The number of hydrogen-bond donors (Lipinski definition) is 1. The first-order valence-electron chi connectivity index (χ1n) is 5.93. The van der Waals surface area contributed by atoms with Gasteiger partial charge >= 0.3 is 0 Å². The minimum Gasteiger partial charge on any atom is -0.398 e. The van der Waals surface area contributed by atoms with E-state index in [0.717, 1.165) is 35.8 Å². The minimum atomic E-state index is 0.292. The molecule has 2 N–H and O–H groups in total. The third-order valence-electron chi connectivity index (χ3n) is 3.43. The highest BCUT2D eigenvalue weighted by molar-refractivity contribution is 6.30. The lowest BCUT2D eigenvalue weighted by atomic mass is 10.1. The van der Waals surface area contributed by atoms with E-state index in [4.69, 9.17) is 22.1 Å². The number of hydrogen-bond acceptors (Lipinski definition) is 3. The van der Waals surface area contributed by atoms with Crippen LogP contribution in [0, 0.1) is 0 Å². The summed E-state index contributed by atoms with van der Waals surface area (Å²) in [6.07, 6.45) is 1.37. The zero-order valence-electron chi connectivity index (χ0n) is 10.3. The first-order chi connectivity index (χ1) is 8.08. The van der Waals surface area contributed by atoms with Gasteiger partial charge in [-0.1, -0.05) is 11.6 Å². The van der Waals surface area contributed by atoms with E-state index in [-0.39, 0.29) is 0 Å². The van der Waals surface area contributed by atoms with Crippen molar-refractivity contribution in [3.63, 3.8) is 0 Å². The maximum Gasteiger partial charge on any atom is 0.0703 e. The third-order valence-corrected chi connectivity index (χ3v) is 3.66. The molecule has 0 radical (unpaired) electrons. The zero-order chi connectivity index (χ0) is 12.4. The van der Waals surface area contributed by atoms with E-state index in [9.17, 15) is 0 Å². The fourth-order valence-corrected chi connectivity index (χ4v) is 2.59. The van der Waals surface area contributed by atoms with Crippen molar-refractivity contribution in [2.45, 2.75) is 32.0 Å². The molecule has 0 aromatic heterocycles. The number of anilines is 1. The van der Waals surface area contributed by atoms with Crippen molar-refractivity contribution in [2.75, 3.05) is 19.4 Å². The molecule has 0 bridgehead atoms. The monoisotopic (exact) mass is 254 g/mol. The Morgan fingerprint density at radius 2 is 2.29 bits per heavy atom. The summed E-state index contributed by atoms with van der Waals surface area (Å²) in [6, 6.07) is 6.09. The van der Waals surface area contributed by atoms with Crippen molar-refractivity contribution in [3.05, 3.63) is 28.8 Å². The molecule has 2 unspecified atom stereocenters. The Kier molecular flexibility index (Phi) is 3.92. The van der Waals surface area contributed by atoms with Gasteiger partial charge in [0.2, 0.25) is 0 Å². The van der Waals surface area contributed by atoms with Crippen LogP contribution in [0.4, 0.5) is 5.69 Å².